The van der Waals surface area contributed by atoms with Crippen molar-refractivity contribution in [2.24, 2.45) is 11.8 Å². The lowest BCUT2D eigenvalue weighted by molar-refractivity contribution is -0.161. The molecule has 0 fully saturated rings. The van der Waals surface area contributed by atoms with Crippen LogP contribution in [0.15, 0.2) is 0 Å². The summed E-state index contributed by atoms with van der Waals surface area (Å²) < 4.78 is 68.4. The fraction of sp³-hybridized carbons (Fsp3) is 0.947. The minimum atomic E-state index is -4.96. The summed E-state index contributed by atoms with van der Waals surface area (Å²) in [5, 5.41) is 10.6. The van der Waals surface area contributed by atoms with Crippen molar-refractivity contribution in [1.82, 2.24) is 0 Å². The summed E-state index contributed by atoms with van der Waals surface area (Å²) in [4.78, 5) is 72.6. The summed E-state index contributed by atoms with van der Waals surface area (Å²) in [5.74, 6) is -0.627. The Hall–Kier alpha value is -1.94. The van der Waals surface area contributed by atoms with Crippen LogP contribution < -0.4 is 0 Å². The number of hydrogen-bond acceptors (Lipinski definition) is 15. The van der Waals surface area contributed by atoms with Crippen LogP contribution >= 0.6 is 15.6 Å². The van der Waals surface area contributed by atoms with Crippen molar-refractivity contribution < 1.29 is 80.2 Å². The van der Waals surface area contributed by atoms with Gasteiger partial charge in [-0.25, -0.2) is 9.13 Å². The zero-order valence-electron chi connectivity index (χ0n) is 61.3. The third-order valence-electron chi connectivity index (χ3n) is 17.5. The van der Waals surface area contributed by atoms with Gasteiger partial charge >= 0.3 is 39.5 Å². The number of aliphatic hydroxyl groups is 1. The van der Waals surface area contributed by atoms with Gasteiger partial charge in [-0.2, -0.15) is 0 Å². The molecule has 0 aromatic heterocycles. The van der Waals surface area contributed by atoms with Crippen LogP contribution in [0, 0.1) is 11.8 Å². The molecule has 558 valence electrons. The number of carbonyl (C=O) groups excluding carboxylic acids is 4. The standard InChI is InChI=1S/C75H146O17P2/c1-7-9-11-13-15-17-18-19-20-21-22-23-24-29-32-35-41-47-53-59-74(79)91-70(64-86-73(78)58-52-46-40-34-31-28-26-25-27-30-33-37-43-49-55-67(3)4)65-89-93(81,82)87-61-69(76)62-88-94(83,84)90-66-71(63-85-72(77)57-51-45-39-16-14-12-10-8-2)92-75(80)60-54-48-42-36-38-44-50-56-68(5)6/h67-71,76H,7-66H2,1-6H3,(H,81,82)(H,83,84)/t69-,70-,71-/m1/s1. The maximum absolute atomic E-state index is 13.1. The average Bonchev–Trinajstić information content (AvgIpc) is 1.30. The number of carbonyl (C=O) groups is 4. The molecular weight excluding hydrogens is 1230 g/mol. The molecule has 0 aromatic carbocycles. The van der Waals surface area contributed by atoms with Gasteiger partial charge in [0, 0.05) is 25.7 Å². The van der Waals surface area contributed by atoms with Crippen LogP contribution in [0.5, 0.6) is 0 Å². The molecule has 0 aliphatic heterocycles. The molecule has 0 saturated carbocycles. The molecule has 2 unspecified atom stereocenters. The Kier molecular flexibility index (Phi) is 65.5. The second-order valence-corrected chi connectivity index (χ2v) is 30.9. The van der Waals surface area contributed by atoms with E-state index in [0.29, 0.717) is 31.6 Å². The van der Waals surface area contributed by atoms with Gasteiger partial charge in [0.2, 0.25) is 0 Å². The molecule has 0 aliphatic rings. The average molecular weight is 1380 g/mol. The molecule has 0 saturated heterocycles. The van der Waals surface area contributed by atoms with E-state index >= 15 is 0 Å². The Morgan fingerprint density at radius 2 is 0.489 bits per heavy atom. The van der Waals surface area contributed by atoms with Crippen molar-refractivity contribution in [3.8, 4) is 0 Å². The molecule has 0 amide bonds. The molecular formula is C75H146O17P2. The van der Waals surface area contributed by atoms with E-state index in [1.807, 2.05) is 0 Å². The van der Waals surface area contributed by atoms with Crippen LogP contribution in [-0.2, 0) is 65.4 Å². The molecule has 3 N–H and O–H groups in total. The molecule has 19 heteroatoms. The van der Waals surface area contributed by atoms with E-state index in [4.69, 9.17) is 37.0 Å². The van der Waals surface area contributed by atoms with Gasteiger partial charge < -0.3 is 33.8 Å². The molecule has 0 bridgehead atoms. The summed E-state index contributed by atoms with van der Waals surface area (Å²) in [7, 11) is -9.90. The lowest BCUT2D eigenvalue weighted by Gasteiger charge is -2.21. The predicted molar refractivity (Wildman–Crippen MR) is 381 cm³/mol. The first-order chi connectivity index (χ1) is 45.4. The summed E-state index contributed by atoms with van der Waals surface area (Å²) in [6.45, 7) is 9.52. The molecule has 17 nitrogen and oxygen atoms in total. The van der Waals surface area contributed by atoms with Crippen LogP contribution in [0.25, 0.3) is 0 Å². The topological polar surface area (TPSA) is 237 Å². The Labute approximate surface area is 575 Å². The maximum atomic E-state index is 13.1. The molecule has 0 radical (unpaired) electrons. The Morgan fingerprint density at radius 1 is 0.287 bits per heavy atom. The first kappa shape index (κ1) is 92.1. The van der Waals surface area contributed by atoms with E-state index in [1.54, 1.807) is 0 Å². The highest BCUT2D eigenvalue weighted by Gasteiger charge is 2.30. The van der Waals surface area contributed by atoms with Gasteiger partial charge in [-0.1, -0.05) is 337 Å². The van der Waals surface area contributed by atoms with Crippen molar-refractivity contribution in [1.29, 1.82) is 0 Å². The molecule has 94 heavy (non-hydrogen) atoms. The Balaban J connectivity index is 5.19. The monoisotopic (exact) mass is 1380 g/mol. The first-order valence-electron chi connectivity index (χ1n) is 39.0. The number of phosphoric acid groups is 2. The fourth-order valence-electron chi connectivity index (χ4n) is 11.5. The molecule has 0 heterocycles. The molecule has 0 aromatic rings. The minimum Gasteiger partial charge on any atom is -0.462 e. The number of phosphoric ester groups is 2. The van der Waals surface area contributed by atoms with Gasteiger partial charge in [-0.3, -0.25) is 37.3 Å². The van der Waals surface area contributed by atoms with Crippen molar-refractivity contribution in [2.75, 3.05) is 39.6 Å². The zero-order valence-corrected chi connectivity index (χ0v) is 63.1. The van der Waals surface area contributed by atoms with E-state index in [1.165, 1.54) is 199 Å². The number of unbranched alkanes of at least 4 members (excludes halogenated alkanes) is 44. The maximum Gasteiger partial charge on any atom is 0.472 e. The minimum absolute atomic E-state index is 0.103. The van der Waals surface area contributed by atoms with E-state index in [2.05, 4.69) is 41.5 Å². The SMILES string of the molecule is CCCCCCCCCCCCCCCCCCCCCC(=O)O[C@H](COC(=O)CCCCCCCCCCCCCCCCC(C)C)COP(=O)(O)OC[C@@H](O)COP(=O)(O)OC[C@@H](COC(=O)CCCCCCCCCC)OC(=O)CCCCCCCCCC(C)C. The summed E-state index contributed by atoms with van der Waals surface area (Å²) in [5.41, 5.74) is 0. The number of ether oxygens (including phenoxy) is 4. The van der Waals surface area contributed by atoms with E-state index in [9.17, 15) is 43.2 Å². The Bertz CT molecular complexity index is 1820. The quantitative estimate of drug-likeness (QED) is 0.0222. The lowest BCUT2D eigenvalue weighted by atomic mass is 10.0. The van der Waals surface area contributed by atoms with Crippen molar-refractivity contribution in [3.05, 3.63) is 0 Å². The molecule has 0 aliphatic carbocycles. The number of rotatable bonds is 74. The van der Waals surface area contributed by atoms with E-state index < -0.39 is 97.5 Å². The zero-order chi connectivity index (χ0) is 69.3. The van der Waals surface area contributed by atoms with Crippen LogP contribution in [0.3, 0.4) is 0 Å². The van der Waals surface area contributed by atoms with Gasteiger partial charge in [0.05, 0.1) is 26.4 Å². The summed E-state index contributed by atoms with van der Waals surface area (Å²) >= 11 is 0. The first-order valence-corrected chi connectivity index (χ1v) is 42.0. The van der Waals surface area contributed by atoms with Crippen molar-refractivity contribution in [2.45, 2.75) is 407 Å². The van der Waals surface area contributed by atoms with Gasteiger partial charge in [-0.15, -0.1) is 0 Å². The van der Waals surface area contributed by atoms with Crippen LogP contribution in [0.1, 0.15) is 388 Å². The largest absolute Gasteiger partial charge is 0.472 e. The Morgan fingerprint density at radius 3 is 0.723 bits per heavy atom. The van der Waals surface area contributed by atoms with E-state index in [0.717, 1.165) is 102 Å². The molecule has 0 spiro atoms. The third kappa shape index (κ3) is 68.6. The summed E-state index contributed by atoms with van der Waals surface area (Å²) in [6.07, 6.45) is 54.4. The fourth-order valence-corrected chi connectivity index (χ4v) is 13.1. The highest BCUT2D eigenvalue weighted by atomic mass is 31.2. The van der Waals surface area contributed by atoms with Gasteiger partial charge in [-0.05, 0) is 37.5 Å². The normalized spacial score (nSPS) is 14.0. The predicted octanol–water partition coefficient (Wildman–Crippen LogP) is 21.9. The van der Waals surface area contributed by atoms with Crippen LogP contribution in [0.4, 0.5) is 0 Å². The second kappa shape index (κ2) is 66.9. The number of esters is 4. The van der Waals surface area contributed by atoms with E-state index in [-0.39, 0.29) is 25.7 Å². The van der Waals surface area contributed by atoms with Crippen molar-refractivity contribution in [3.63, 3.8) is 0 Å². The summed E-state index contributed by atoms with van der Waals surface area (Å²) in [6, 6.07) is 0. The van der Waals surface area contributed by atoms with Crippen LogP contribution in [0.2, 0.25) is 0 Å². The third-order valence-corrected chi connectivity index (χ3v) is 19.4. The number of hydrogen-bond donors (Lipinski definition) is 3. The van der Waals surface area contributed by atoms with Crippen molar-refractivity contribution >= 4 is 39.5 Å². The van der Waals surface area contributed by atoms with Gasteiger partial charge in [0.25, 0.3) is 0 Å². The molecule has 0 rings (SSSR count). The highest BCUT2D eigenvalue weighted by Crippen LogP contribution is 2.45. The molecule has 5 atom stereocenters. The van der Waals surface area contributed by atoms with Crippen LogP contribution in [-0.4, -0.2) is 96.7 Å². The van der Waals surface area contributed by atoms with Gasteiger partial charge in [0.15, 0.2) is 12.2 Å². The smallest absolute Gasteiger partial charge is 0.462 e. The number of aliphatic hydroxyl groups excluding tert-OH is 1. The second-order valence-electron chi connectivity index (χ2n) is 28.0. The lowest BCUT2D eigenvalue weighted by Crippen LogP contribution is -2.30. The van der Waals surface area contributed by atoms with Gasteiger partial charge in [0.1, 0.15) is 19.3 Å². The highest BCUT2D eigenvalue weighted by molar-refractivity contribution is 7.47.